The second-order valence-electron chi connectivity index (χ2n) is 5.42. The van der Waals surface area contributed by atoms with Gasteiger partial charge in [0.2, 0.25) is 5.91 Å². The molecule has 2 rings (SSSR count). The van der Waals surface area contributed by atoms with Gasteiger partial charge in [-0.05, 0) is 18.3 Å². The quantitative estimate of drug-likeness (QED) is 0.742. The van der Waals surface area contributed by atoms with Crippen LogP contribution in [-0.4, -0.2) is 43.1 Å². The summed E-state index contributed by atoms with van der Waals surface area (Å²) in [5.74, 6) is 0.754. The number of hydrogen-bond acceptors (Lipinski definition) is 5. The second kappa shape index (κ2) is 7.14. The topological polar surface area (TPSA) is 76.7 Å². The number of rotatable bonds is 5. The van der Waals surface area contributed by atoms with Gasteiger partial charge < -0.3 is 15.8 Å². The highest BCUT2D eigenvalue weighted by Crippen LogP contribution is 2.41. The minimum absolute atomic E-state index is 0.00951. The van der Waals surface area contributed by atoms with Crippen molar-refractivity contribution in [2.45, 2.75) is 32.1 Å². The van der Waals surface area contributed by atoms with Gasteiger partial charge in [0.05, 0.1) is 6.61 Å². The largest absolute Gasteiger partial charge is 0.370 e. The fraction of sp³-hybridized carbons (Fsp3) is 0.846. The molecule has 0 unspecified atom stereocenters. The number of nitrogens with two attached hydrogens (primary N) is 1. The van der Waals surface area contributed by atoms with Crippen molar-refractivity contribution in [2.24, 2.45) is 16.1 Å². The average molecular weight is 285 g/mol. The Morgan fingerprint density at radius 1 is 1.42 bits per heavy atom. The van der Waals surface area contributed by atoms with Gasteiger partial charge in [0, 0.05) is 18.8 Å². The Hall–Kier alpha value is -0.750. The number of nitrogens with zero attached hydrogens (tertiary/aromatic N) is 1. The van der Waals surface area contributed by atoms with Gasteiger partial charge in [0.1, 0.15) is 6.61 Å². The molecule has 1 saturated carbocycles. The van der Waals surface area contributed by atoms with E-state index in [1.54, 1.807) is 0 Å². The summed E-state index contributed by atoms with van der Waals surface area (Å²) in [7, 11) is 0. The molecule has 3 N–H and O–H groups in total. The van der Waals surface area contributed by atoms with E-state index in [0.29, 0.717) is 18.6 Å². The molecule has 2 aliphatic rings. The summed E-state index contributed by atoms with van der Waals surface area (Å²) in [5, 5.41) is 4.27. The predicted octanol–water partition coefficient (Wildman–Crippen LogP) is 1.13. The highest BCUT2D eigenvalue weighted by molar-refractivity contribution is 8.13. The molecule has 1 spiro atoms. The fourth-order valence-corrected chi connectivity index (χ4v) is 3.85. The summed E-state index contributed by atoms with van der Waals surface area (Å²) in [6.45, 7) is 2.11. The molecule has 108 valence electrons. The molecule has 1 heterocycles. The number of hydrogen-bond donors (Lipinski definition) is 2. The molecule has 19 heavy (non-hydrogen) atoms. The lowest BCUT2D eigenvalue weighted by atomic mass is 9.75. The maximum absolute atomic E-state index is 10.5. The lowest BCUT2D eigenvalue weighted by molar-refractivity contribution is -0.122. The number of aliphatic imine (C=N–C) groups is 1. The van der Waals surface area contributed by atoms with Crippen LogP contribution in [0.25, 0.3) is 0 Å². The Kier molecular flexibility index (Phi) is 5.51. The standard InChI is InChI=1S/C13H23N3O2S/c14-11(17)8-18-7-6-15-12-16-9-13(10-19-12)4-2-1-3-5-13/h1-10H2,(H2,14,17)(H,15,16). The van der Waals surface area contributed by atoms with E-state index >= 15 is 0 Å². The van der Waals surface area contributed by atoms with E-state index in [9.17, 15) is 4.79 Å². The number of amides is 1. The van der Waals surface area contributed by atoms with Gasteiger partial charge in [-0.15, -0.1) is 0 Å². The van der Waals surface area contributed by atoms with Crippen LogP contribution in [0.3, 0.4) is 0 Å². The molecule has 5 nitrogen and oxygen atoms in total. The summed E-state index contributed by atoms with van der Waals surface area (Å²) in [6, 6.07) is 0. The first-order chi connectivity index (χ1) is 9.20. The van der Waals surface area contributed by atoms with Gasteiger partial charge >= 0.3 is 0 Å². The molecule has 0 radical (unpaired) electrons. The number of primary amides is 1. The molecule has 0 atom stereocenters. The van der Waals surface area contributed by atoms with Gasteiger partial charge in [-0.1, -0.05) is 31.0 Å². The molecule has 1 aliphatic carbocycles. The number of carbonyl (C=O) groups is 1. The zero-order valence-electron chi connectivity index (χ0n) is 11.3. The number of carbonyl (C=O) groups excluding carboxylic acids is 1. The fourth-order valence-electron chi connectivity index (χ4n) is 2.67. The Labute approximate surface area is 118 Å². The molecule has 1 amide bonds. The van der Waals surface area contributed by atoms with Crippen molar-refractivity contribution < 1.29 is 9.53 Å². The summed E-state index contributed by atoms with van der Waals surface area (Å²) in [6.07, 6.45) is 6.77. The SMILES string of the molecule is NC(=O)COCCNC1=NCC2(CCCCC2)CS1. The Morgan fingerprint density at radius 2 is 2.21 bits per heavy atom. The van der Waals surface area contributed by atoms with Crippen molar-refractivity contribution in [1.82, 2.24) is 5.32 Å². The Balaban J connectivity index is 1.65. The molecule has 0 saturated heterocycles. The lowest BCUT2D eigenvalue weighted by Gasteiger charge is -2.38. The first-order valence-corrected chi connectivity index (χ1v) is 7.96. The molecular weight excluding hydrogens is 262 g/mol. The maximum atomic E-state index is 10.5. The van der Waals surface area contributed by atoms with Crippen LogP contribution in [0, 0.1) is 5.41 Å². The number of nitrogens with one attached hydrogen (secondary N) is 1. The van der Waals surface area contributed by atoms with Crippen molar-refractivity contribution in [1.29, 1.82) is 0 Å². The summed E-state index contributed by atoms with van der Waals surface area (Å²) < 4.78 is 5.09. The highest BCUT2D eigenvalue weighted by atomic mass is 32.2. The first kappa shape index (κ1) is 14.7. The summed E-state index contributed by atoms with van der Waals surface area (Å²) in [5.41, 5.74) is 5.45. The number of amidine groups is 1. The first-order valence-electron chi connectivity index (χ1n) is 6.97. The normalized spacial score (nSPS) is 22.0. The average Bonchev–Trinajstić information content (AvgIpc) is 2.41. The molecule has 0 aromatic rings. The van der Waals surface area contributed by atoms with Crippen LogP contribution in [0.5, 0.6) is 0 Å². The zero-order chi connectivity index (χ0) is 13.6. The van der Waals surface area contributed by atoms with Crippen LogP contribution < -0.4 is 11.1 Å². The van der Waals surface area contributed by atoms with Gasteiger partial charge in [-0.3, -0.25) is 9.79 Å². The Morgan fingerprint density at radius 3 is 2.84 bits per heavy atom. The molecule has 1 aliphatic heterocycles. The lowest BCUT2D eigenvalue weighted by Crippen LogP contribution is -2.37. The van der Waals surface area contributed by atoms with Crippen molar-refractivity contribution in [2.75, 3.05) is 32.1 Å². The molecular formula is C13H23N3O2S. The Bertz CT molecular complexity index is 341. The predicted molar refractivity (Wildman–Crippen MR) is 78.3 cm³/mol. The molecule has 1 fully saturated rings. The second-order valence-corrected chi connectivity index (χ2v) is 6.38. The van der Waals surface area contributed by atoms with Gasteiger partial charge in [-0.2, -0.15) is 0 Å². The molecule has 0 aromatic heterocycles. The van der Waals surface area contributed by atoms with Crippen molar-refractivity contribution >= 4 is 22.8 Å². The van der Waals surface area contributed by atoms with Crippen LogP contribution in [-0.2, 0) is 9.53 Å². The van der Waals surface area contributed by atoms with E-state index in [0.717, 1.165) is 11.7 Å². The number of thioether (sulfide) groups is 1. The maximum Gasteiger partial charge on any atom is 0.243 e. The molecule has 6 heteroatoms. The third kappa shape index (κ3) is 4.69. The minimum atomic E-state index is -0.427. The van der Waals surface area contributed by atoms with Crippen LogP contribution >= 0.6 is 11.8 Å². The third-order valence-corrected chi connectivity index (χ3v) is 5.06. The van der Waals surface area contributed by atoms with Crippen molar-refractivity contribution in [3.05, 3.63) is 0 Å². The molecule has 0 bridgehead atoms. The van der Waals surface area contributed by atoms with E-state index in [-0.39, 0.29) is 6.61 Å². The zero-order valence-corrected chi connectivity index (χ0v) is 12.1. The van der Waals surface area contributed by atoms with E-state index in [1.165, 1.54) is 37.9 Å². The van der Waals surface area contributed by atoms with E-state index in [4.69, 9.17) is 10.5 Å². The smallest absolute Gasteiger partial charge is 0.243 e. The summed E-state index contributed by atoms with van der Waals surface area (Å²) >= 11 is 1.82. The van der Waals surface area contributed by atoms with Crippen molar-refractivity contribution in [3.63, 3.8) is 0 Å². The van der Waals surface area contributed by atoms with E-state index in [1.807, 2.05) is 11.8 Å². The van der Waals surface area contributed by atoms with Crippen LogP contribution in [0.1, 0.15) is 32.1 Å². The highest BCUT2D eigenvalue weighted by Gasteiger charge is 2.34. The van der Waals surface area contributed by atoms with E-state index < -0.39 is 5.91 Å². The van der Waals surface area contributed by atoms with Crippen LogP contribution in [0.4, 0.5) is 0 Å². The van der Waals surface area contributed by atoms with Crippen LogP contribution in [0.2, 0.25) is 0 Å². The van der Waals surface area contributed by atoms with Gasteiger partial charge in [-0.25, -0.2) is 0 Å². The van der Waals surface area contributed by atoms with Gasteiger partial charge in [0.15, 0.2) is 5.17 Å². The van der Waals surface area contributed by atoms with E-state index in [2.05, 4.69) is 10.3 Å². The minimum Gasteiger partial charge on any atom is -0.370 e. The van der Waals surface area contributed by atoms with Crippen molar-refractivity contribution in [3.8, 4) is 0 Å². The number of ether oxygens (including phenoxy) is 1. The summed E-state index contributed by atoms with van der Waals surface area (Å²) in [4.78, 5) is 15.1. The monoisotopic (exact) mass is 285 g/mol. The van der Waals surface area contributed by atoms with Crippen LogP contribution in [0.15, 0.2) is 4.99 Å². The van der Waals surface area contributed by atoms with Gasteiger partial charge in [0.25, 0.3) is 0 Å². The third-order valence-electron chi connectivity index (χ3n) is 3.75. The molecule has 0 aromatic carbocycles.